The van der Waals surface area contributed by atoms with Crippen molar-refractivity contribution >= 4 is 17.6 Å². The van der Waals surface area contributed by atoms with Gasteiger partial charge in [-0.15, -0.1) is 0 Å². The van der Waals surface area contributed by atoms with Crippen LogP contribution in [0.1, 0.15) is 34.5 Å². The summed E-state index contributed by atoms with van der Waals surface area (Å²) in [5.41, 5.74) is 2.87. The number of para-hydroxylation sites is 1. The third-order valence-corrected chi connectivity index (χ3v) is 4.36. The molecular weight excluding hydrogens is 366 g/mol. The minimum absolute atomic E-state index is 0.303. The Bertz CT molecular complexity index is 934. The van der Waals surface area contributed by atoms with Gasteiger partial charge in [0.2, 0.25) is 0 Å². The van der Waals surface area contributed by atoms with Gasteiger partial charge >= 0.3 is 5.97 Å². The largest absolute Gasteiger partial charge is 0.462 e. The Kier molecular flexibility index (Phi) is 5.93. The zero-order valence-electron chi connectivity index (χ0n) is 15.6. The molecule has 3 aromatic rings. The van der Waals surface area contributed by atoms with Crippen molar-refractivity contribution in [2.24, 2.45) is 0 Å². The molecule has 142 valence electrons. The number of carbonyl (C=O) groups is 1. The number of rotatable bonds is 7. The Morgan fingerprint density at radius 2 is 2.07 bits per heavy atom. The van der Waals surface area contributed by atoms with Gasteiger partial charge in [0.05, 0.1) is 35.8 Å². The van der Waals surface area contributed by atoms with Crippen LogP contribution in [0.4, 0.5) is 0 Å². The molecule has 0 bridgehead atoms. The fourth-order valence-electron chi connectivity index (χ4n) is 2.85. The van der Waals surface area contributed by atoms with E-state index in [1.54, 1.807) is 23.9 Å². The number of nitrogens with one attached hydrogen (secondary N) is 1. The van der Waals surface area contributed by atoms with Gasteiger partial charge in [-0.3, -0.25) is 4.90 Å². The molecule has 3 rings (SSSR count). The highest BCUT2D eigenvalue weighted by molar-refractivity contribution is 6.32. The third kappa shape index (κ3) is 4.37. The molecule has 0 unspecified atom stereocenters. The first-order chi connectivity index (χ1) is 13.0. The van der Waals surface area contributed by atoms with E-state index in [1.807, 2.05) is 37.1 Å². The summed E-state index contributed by atoms with van der Waals surface area (Å²) in [5, 5.41) is 4.95. The van der Waals surface area contributed by atoms with Crippen LogP contribution in [-0.4, -0.2) is 44.3 Å². The molecule has 0 amide bonds. The number of H-pyrrole nitrogens is 1. The van der Waals surface area contributed by atoms with Crippen molar-refractivity contribution in [1.29, 1.82) is 0 Å². The van der Waals surface area contributed by atoms with Gasteiger partial charge in [-0.25, -0.2) is 14.5 Å². The number of aryl methyl sites for hydroxylation is 1. The maximum absolute atomic E-state index is 12.4. The van der Waals surface area contributed by atoms with Crippen LogP contribution >= 0.6 is 11.6 Å². The molecule has 0 saturated carbocycles. The van der Waals surface area contributed by atoms with E-state index < -0.39 is 5.97 Å². The number of nitrogens with zero attached hydrogens (tertiary/aromatic N) is 4. The quantitative estimate of drug-likeness (QED) is 0.629. The van der Waals surface area contributed by atoms with Crippen molar-refractivity contribution in [3.05, 3.63) is 64.5 Å². The predicted molar refractivity (Wildman–Crippen MR) is 103 cm³/mol. The second kappa shape index (κ2) is 8.37. The monoisotopic (exact) mass is 387 g/mol. The van der Waals surface area contributed by atoms with Crippen molar-refractivity contribution in [1.82, 2.24) is 24.6 Å². The Balaban J connectivity index is 1.93. The highest BCUT2D eigenvalue weighted by atomic mass is 35.5. The van der Waals surface area contributed by atoms with E-state index in [4.69, 9.17) is 16.3 Å². The van der Waals surface area contributed by atoms with Gasteiger partial charge in [-0.05, 0) is 33.0 Å². The van der Waals surface area contributed by atoms with Gasteiger partial charge in [-0.1, -0.05) is 23.7 Å². The van der Waals surface area contributed by atoms with Crippen molar-refractivity contribution < 1.29 is 9.53 Å². The summed E-state index contributed by atoms with van der Waals surface area (Å²) < 4.78 is 6.88. The number of benzene rings is 1. The smallest absolute Gasteiger partial charge is 0.341 e. The van der Waals surface area contributed by atoms with E-state index in [0.29, 0.717) is 41.7 Å². The fraction of sp³-hybridized carbons (Fsp3) is 0.316. The van der Waals surface area contributed by atoms with Crippen LogP contribution in [0.25, 0.3) is 5.69 Å². The second-order valence-corrected chi connectivity index (χ2v) is 6.68. The van der Waals surface area contributed by atoms with Gasteiger partial charge in [0.25, 0.3) is 0 Å². The summed E-state index contributed by atoms with van der Waals surface area (Å²) in [6.45, 7) is 5.11. The molecule has 8 heteroatoms. The van der Waals surface area contributed by atoms with Crippen LogP contribution in [0, 0.1) is 6.92 Å². The number of aromatic nitrogens is 4. The van der Waals surface area contributed by atoms with Gasteiger partial charge in [0, 0.05) is 18.4 Å². The first kappa shape index (κ1) is 19.1. The molecule has 0 fully saturated rings. The summed E-state index contributed by atoms with van der Waals surface area (Å²) in [7, 11) is 1.96. The van der Waals surface area contributed by atoms with Crippen LogP contribution in [0.3, 0.4) is 0 Å². The number of carbonyl (C=O) groups excluding carboxylic acids is 1. The number of halogens is 1. The lowest BCUT2D eigenvalue weighted by atomic mass is 10.2. The van der Waals surface area contributed by atoms with Crippen LogP contribution in [0.5, 0.6) is 0 Å². The summed E-state index contributed by atoms with van der Waals surface area (Å²) in [5.74, 6) is 0.463. The minimum Gasteiger partial charge on any atom is -0.462 e. The van der Waals surface area contributed by atoms with E-state index in [0.717, 1.165) is 11.5 Å². The lowest BCUT2D eigenvalue weighted by Gasteiger charge is -2.18. The molecule has 1 aromatic carbocycles. The number of hydrogen-bond donors (Lipinski definition) is 1. The Labute approximate surface area is 162 Å². The topological polar surface area (TPSA) is 76.0 Å². The van der Waals surface area contributed by atoms with Gasteiger partial charge < -0.3 is 9.72 Å². The molecule has 0 aliphatic heterocycles. The lowest BCUT2D eigenvalue weighted by molar-refractivity contribution is 0.0524. The van der Waals surface area contributed by atoms with E-state index in [1.165, 1.54) is 6.20 Å². The molecule has 7 nitrogen and oxygen atoms in total. The Morgan fingerprint density at radius 1 is 1.30 bits per heavy atom. The molecule has 27 heavy (non-hydrogen) atoms. The number of ether oxygens (including phenoxy) is 1. The van der Waals surface area contributed by atoms with Gasteiger partial charge in [0.1, 0.15) is 11.4 Å². The number of hydrogen-bond acceptors (Lipinski definition) is 5. The molecule has 0 saturated heterocycles. The van der Waals surface area contributed by atoms with Gasteiger partial charge in [-0.2, -0.15) is 5.10 Å². The van der Waals surface area contributed by atoms with E-state index >= 15 is 0 Å². The SMILES string of the molecule is CCOC(=O)c1cnn(-c2ccccc2Cl)c1CN(C)Cc1ncc(C)[nH]1. The molecule has 0 aliphatic rings. The van der Waals surface area contributed by atoms with Crippen LogP contribution in [-0.2, 0) is 17.8 Å². The van der Waals surface area contributed by atoms with E-state index in [9.17, 15) is 4.79 Å². The normalized spacial score (nSPS) is 11.1. The first-order valence-electron chi connectivity index (χ1n) is 8.67. The average Bonchev–Trinajstić information content (AvgIpc) is 3.22. The maximum atomic E-state index is 12.4. The van der Waals surface area contributed by atoms with Crippen LogP contribution in [0.15, 0.2) is 36.7 Å². The first-order valence-corrected chi connectivity index (χ1v) is 9.05. The van der Waals surface area contributed by atoms with E-state index in [2.05, 4.69) is 15.1 Å². The molecule has 0 atom stereocenters. The fourth-order valence-corrected chi connectivity index (χ4v) is 3.07. The Morgan fingerprint density at radius 3 is 2.74 bits per heavy atom. The highest BCUT2D eigenvalue weighted by Gasteiger charge is 2.22. The minimum atomic E-state index is -0.395. The second-order valence-electron chi connectivity index (χ2n) is 6.27. The van der Waals surface area contributed by atoms with Crippen molar-refractivity contribution in [3.63, 3.8) is 0 Å². The number of aromatic amines is 1. The standard InChI is InChI=1S/C19H22ClN5O2/c1-4-27-19(26)14-10-22-25(16-8-6-5-7-15(16)20)17(14)11-24(3)12-18-21-9-13(2)23-18/h5-10H,4,11-12H2,1-3H3,(H,21,23). The molecule has 2 heterocycles. The molecule has 0 radical (unpaired) electrons. The number of esters is 1. The van der Waals surface area contributed by atoms with E-state index in [-0.39, 0.29) is 0 Å². The summed E-state index contributed by atoms with van der Waals surface area (Å²) >= 11 is 6.34. The average molecular weight is 388 g/mol. The lowest BCUT2D eigenvalue weighted by Crippen LogP contribution is -2.22. The molecular formula is C19H22ClN5O2. The zero-order chi connectivity index (χ0) is 19.4. The summed E-state index contributed by atoms with van der Waals surface area (Å²) in [6.07, 6.45) is 3.32. The third-order valence-electron chi connectivity index (χ3n) is 4.04. The summed E-state index contributed by atoms with van der Waals surface area (Å²) in [4.78, 5) is 22.0. The maximum Gasteiger partial charge on any atom is 0.341 e. The van der Waals surface area contributed by atoms with Crippen LogP contribution < -0.4 is 0 Å². The summed E-state index contributed by atoms with van der Waals surface area (Å²) in [6, 6.07) is 7.39. The highest BCUT2D eigenvalue weighted by Crippen LogP contribution is 2.24. The van der Waals surface area contributed by atoms with Crippen molar-refractivity contribution in [2.45, 2.75) is 26.9 Å². The molecule has 0 spiro atoms. The predicted octanol–water partition coefficient (Wildman–Crippen LogP) is 3.37. The Hall–Kier alpha value is -2.64. The molecule has 1 N–H and O–H groups in total. The van der Waals surface area contributed by atoms with Crippen LogP contribution in [0.2, 0.25) is 5.02 Å². The van der Waals surface area contributed by atoms with Crippen molar-refractivity contribution in [2.75, 3.05) is 13.7 Å². The zero-order valence-corrected chi connectivity index (χ0v) is 16.3. The van der Waals surface area contributed by atoms with Gasteiger partial charge in [0.15, 0.2) is 0 Å². The van der Waals surface area contributed by atoms with Crippen molar-refractivity contribution in [3.8, 4) is 5.69 Å². The number of imidazole rings is 1. The molecule has 0 aliphatic carbocycles. The molecule has 2 aromatic heterocycles.